The maximum Gasteiger partial charge on any atom is 0.224 e. The van der Waals surface area contributed by atoms with Gasteiger partial charge in [0.15, 0.2) is 0 Å². The topological polar surface area (TPSA) is 38.1 Å². The molecule has 0 radical (unpaired) electrons. The Kier molecular flexibility index (Phi) is 3.04. The highest BCUT2D eigenvalue weighted by Crippen LogP contribution is 2.28. The first-order valence-corrected chi connectivity index (χ1v) is 6.59. The molecule has 2 heterocycles. The van der Waals surface area contributed by atoms with Crippen molar-refractivity contribution in [2.24, 2.45) is 0 Å². The third-order valence-electron chi connectivity index (χ3n) is 3.68. The number of carbonyl (C=O) groups is 1. The molecule has 1 aromatic carbocycles. The summed E-state index contributed by atoms with van der Waals surface area (Å²) in [5.74, 6) is 0.569. The van der Waals surface area contributed by atoms with Crippen LogP contribution in [-0.2, 0) is 4.79 Å². The third kappa shape index (κ3) is 2.19. The molecule has 1 atom stereocenters. The fraction of sp³-hybridized carbons (Fsp3) is 0.333. The Bertz CT molecular complexity index is 645. The van der Waals surface area contributed by atoms with E-state index < -0.39 is 0 Å². The molecule has 20 heavy (non-hydrogen) atoms. The van der Waals surface area contributed by atoms with Gasteiger partial charge in [-0.2, -0.15) is 0 Å². The van der Waals surface area contributed by atoms with Crippen LogP contribution in [0, 0.1) is 12.7 Å². The van der Waals surface area contributed by atoms with Crippen LogP contribution in [-0.4, -0.2) is 34.0 Å². The highest BCUT2D eigenvalue weighted by Gasteiger charge is 2.29. The number of likely N-dealkylation sites (tertiary alicyclic amines) is 1. The highest BCUT2D eigenvalue weighted by molar-refractivity contribution is 5.78. The molecule has 0 saturated carbocycles. The standard InChI is InChI=1S/C15H16FN3O/c1-10-5-11(7-12(16)6-10)15-17-3-4-19(15)13-8-14(20)18(2)9-13/h3-7,13H,8-9H2,1-2H3. The van der Waals surface area contributed by atoms with Gasteiger partial charge in [0.1, 0.15) is 11.6 Å². The van der Waals surface area contributed by atoms with Gasteiger partial charge in [-0.1, -0.05) is 0 Å². The summed E-state index contributed by atoms with van der Waals surface area (Å²) in [6, 6.07) is 4.94. The Balaban J connectivity index is 2.00. The van der Waals surface area contributed by atoms with E-state index in [0.717, 1.165) is 11.1 Å². The fourth-order valence-electron chi connectivity index (χ4n) is 2.72. The summed E-state index contributed by atoms with van der Waals surface area (Å²) >= 11 is 0. The fourth-order valence-corrected chi connectivity index (χ4v) is 2.72. The Morgan fingerprint density at radius 2 is 2.15 bits per heavy atom. The molecule has 1 unspecified atom stereocenters. The number of halogens is 1. The molecule has 4 nitrogen and oxygen atoms in total. The first-order chi connectivity index (χ1) is 9.54. The van der Waals surface area contributed by atoms with Crippen LogP contribution in [0.5, 0.6) is 0 Å². The lowest BCUT2D eigenvalue weighted by Gasteiger charge is -2.15. The smallest absolute Gasteiger partial charge is 0.224 e. The number of imidazole rings is 1. The van der Waals surface area contributed by atoms with Gasteiger partial charge in [-0.25, -0.2) is 9.37 Å². The molecule has 0 bridgehead atoms. The van der Waals surface area contributed by atoms with Crippen LogP contribution < -0.4 is 0 Å². The van der Waals surface area contributed by atoms with E-state index in [4.69, 9.17) is 0 Å². The van der Waals surface area contributed by atoms with Gasteiger partial charge in [-0.3, -0.25) is 4.79 Å². The molecular weight excluding hydrogens is 257 g/mol. The van der Waals surface area contributed by atoms with Crippen LogP contribution in [0.15, 0.2) is 30.6 Å². The molecule has 1 aliphatic rings. The number of aromatic nitrogens is 2. The predicted molar refractivity (Wildman–Crippen MR) is 73.6 cm³/mol. The lowest BCUT2D eigenvalue weighted by Crippen LogP contribution is -2.19. The van der Waals surface area contributed by atoms with Crippen molar-refractivity contribution in [1.82, 2.24) is 14.5 Å². The summed E-state index contributed by atoms with van der Waals surface area (Å²) in [5.41, 5.74) is 1.60. The van der Waals surface area contributed by atoms with E-state index in [-0.39, 0.29) is 17.8 Å². The number of hydrogen-bond donors (Lipinski definition) is 0. The SMILES string of the molecule is Cc1cc(F)cc(-c2nccn2C2CC(=O)N(C)C2)c1. The van der Waals surface area contributed by atoms with Gasteiger partial charge in [0.25, 0.3) is 0 Å². The number of benzene rings is 1. The Hall–Kier alpha value is -2.17. The third-order valence-corrected chi connectivity index (χ3v) is 3.68. The Morgan fingerprint density at radius 1 is 1.35 bits per heavy atom. The van der Waals surface area contributed by atoms with E-state index >= 15 is 0 Å². The molecule has 5 heteroatoms. The molecule has 2 aromatic rings. The van der Waals surface area contributed by atoms with Crippen molar-refractivity contribution in [3.8, 4) is 11.4 Å². The van der Waals surface area contributed by atoms with Crippen molar-refractivity contribution in [1.29, 1.82) is 0 Å². The largest absolute Gasteiger partial charge is 0.344 e. The highest BCUT2D eigenvalue weighted by atomic mass is 19.1. The van der Waals surface area contributed by atoms with E-state index in [1.165, 1.54) is 12.1 Å². The quantitative estimate of drug-likeness (QED) is 0.842. The van der Waals surface area contributed by atoms with Crippen molar-refractivity contribution < 1.29 is 9.18 Å². The monoisotopic (exact) mass is 273 g/mol. The molecule has 1 aromatic heterocycles. The molecule has 104 valence electrons. The van der Waals surface area contributed by atoms with E-state index in [0.29, 0.717) is 18.8 Å². The number of hydrogen-bond acceptors (Lipinski definition) is 2. The van der Waals surface area contributed by atoms with E-state index in [1.54, 1.807) is 18.1 Å². The Labute approximate surface area is 116 Å². The van der Waals surface area contributed by atoms with E-state index in [1.807, 2.05) is 23.8 Å². The second-order valence-corrected chi connectivity index (χ2v) is 5.31. The van der Waals surface area contributed by atoms with Crippen molar-refractivity contribution in [2.75, 3.05) is 13.6 Å². The van der Waals surface area contributed by atoms with Crippen LogP contribution in [0.1, 0.15) is 18.0 Å². The van der Waals surface area contributed by atoms with Crippen molar-refractivity contribution in [3.63, 3.8) is 0 Å². The van der Waals surface area contributed by atoms with Gasteiger partial charge in [-0.15, -0.1) is 0 Å². The summed E-state index contributed by atoms with van der Waals surface area (Å²) in [5, 5.41) is 0. The van der Waals surface area contributed by atoms with Crippen molar-refractivity contribution in [2.45, 2.75) is 19.4 Å². The molecule has 0 spiro atoms. The summed E-state index contributed by atoms with van der Waals surface area (Å²) in [6.45, 7) is 2.52. The maximum absolute atomic E-state index is 13.6. The minimum atomic E-state index is -0.269. The molecule has 1 aliphatic heterocycles. The zero-order chi connectivity index (χ0) is 14.3. The second-order valence-electron chi connectivity index (χ2n) is 5.31. The first-order valence-electron chi connectivity index (χ1n) is 6.59. The number of likely N-dealkylation sites (N-methyl/N-ethyl adjacent to an activating group) is 1. The van der Waals surface area contributed by atoms with Crippen LogP contribution in [0.25, 0.3) is 11.4 Å². The molecule has 1 fully saturated rings. The average molecular weight is 273 g/mol. The summed E-state index contributed by atoms with van der Waals surface area (Å²) in [7, 11) is 1.80. The number of carbonyl (C=O) groups excluding carboxylic acids is 1. The average Bonchev–Trinajstić information content (AvgIpc) is 2.96. The molecule has 1 saturated heterocycles. The van der Waals surface area contributed by atoms with Gasteiger partial charge in [0.2, 0.25) is 5.91 Å². The number of rotatable bonds is 2. The maximum atomic E-state index is 13.6. The van der Waals surface area contributed by atoms with Crippen molar-refractivity contribution >= 4 is 5.91 Å². The number of nitrogens with zero attached hydrogens (tertiary/aromatic N) is 3. The Morgan fingerprint density at radius 3 is 2.80 bits per heavy atom. The van der Waals surface area contributed by atoms with Gasteiger partial charge < -0.3 is 9.47 Å². The molecular formula is C15H16FN3O. The van der Waals surface area contributed by atoms with Gasteiger partial charge in [-0.05, 0) is 30.7 Å². The summed E-state index contributed by atoms with van der Waals surface area (Å²) in [6.07, 6.45) is 4.01. The zero-order valence-corrected chi connectivity index (χ0v) is 11.5. The lowest BCUT2D eigenvalue weighted by atomic mass is 10.1. The van der Waals surface area contributed by atoms with E-state index in [2.05, 4.69) is 4.98 Å². The van der Waals surface area contributed by atoms with Crippen LogP contribution >= 0.6 is 0 Å². The number of aryl methyl sites for hydroxylation is 1. The van der Waals surface area contributed by atoms with Crippen LogP contribution in [0.4, 0.5) is 4.39 Å². The predicted octanol–water partition coefficient (Wildman–Crippen LogP) is 2.40. The number of amides is 1. The minimum Gasteiger partial charge on any atom is -0.344 e. The van der Waals surface area contributed by atoms with Gasteiger partial charge in [0, 0.05) is 38.0 Å². The molecule has 3 rings (SSSR count). The van der Waals surface area contributed by atoms with Crippen LogP contribution in [0.3, 0.4) is 0 Å². The zero-order valence-electron chi connectivity index (χ0n) is 11.5. The normalized spacial score (nSPS) is 18.9. The summed E-state index contributed by atoms with van der Waals surface area (Å²) < 4.78 is 15.5. The van der Waals surface area contributed by atoms with Crippen molar-refractivity contribution in [3.05, 3.63) is 42.0 Å². The molecule has 0 N–H and O–H groups in total. The molecule has 1 amide bonds. The van der Waals surface area contributed by atoms with Gasteiger partial charge >= 0.3 is 0 Å². The second kappa shape index (κ2) is 4.74. The summed E-state index contributed by atoms with van der Waals surface area (Å²) in [4.78, 5) is 17.7. The first kappa shape index (κ1) is 12.8. The van der Waals surface area contributed by atoms with Gasteiger partial charge in [0.05, 0.1) is 6.04 Å². The lowest BCUT2D eigenvalue weighted by molar-refractivity contribution is -0.126. The van der Waals surface area contributed by atoms with Crippen LogP contribution in [0.2, 0.25) is 0 Å². The molecule has 0 aliphatic carbocycles. The minimum absolute atomic E-state index is 0.0635. The van der Waals surface area contributed by atoms with E-state index in [9.17, 15) is 9.18 Å².